The van der Waals surface area contributed by atoms with Gasteiger partial charge in [-0.1, -0.05) is 60.7 Å². The van der Waals surface area contributed by atoms with Gasteiger partial charge in [-0.25, -0.2) is 13.1 Å². The first-order chi connectivity index (χ1) is 12.1. The van der Waals surface area contributed by atoms with Crippen molar-refractivity contribution in [1.29, 1.82) is 0 Å². The maximum Gasteiger partial charge on any atom is 0.241 e. The van der Waals surface area contributed by atoms with Crippen LogP contribution in [0.5, 0.6) is 5.75 Å². The van der Waals surface area contributed by atoms with Crippen LogP contribution >= 0.6 is 0 Å². The van der Waals surface area contributed by atoms with Crippen LogP contribution in [0.25, 0.3) is 11.1 Å². The molecular formula is C20H19NO3S. The quantitative estimate of drug-likeness (QED) is 0.732. The summed E-state index contributed by atoms with van der Waals surface area (Å²) in [5.41, 5.74) is 2.38. The smallest absolute Gasteiger partial charge is 0.241 e. The highest BCUT2D eigenvalue weighted by molar-refractivity contribution is 7.89. The molecule has 5 heteroatoms. The van der Waals surface area contributed by atoms with Crippen LogP contribution in [0, 0.1) is 0 Å². The van der Waals surface area contributed by atoms with Crippen molar-refractivity contribution in [3.63, 3.8) is 0 Å². The standard InChI is InChI=1S/C20H19NO3S/c1-24-18-11-7-8-16(14-18)15-21-25(22,23)20-13-6-5-12-19(20)17-9-3-2-4-10-17/h2-14,21H,15H2,1H3. The van der Waals surface area contributed by atoms with Gasteiger partial charge in [0.05, 0.1) is 12.0 Å². The average molecular weight is 353 g/mol. The second-order valence-corrected chi connectivity index (χ2v) is 7.27. The van der Waals surface area contributed by atoms with Crippen molar-refractivity contribution in [1.82, 2.24) is 4.72 Å². The maximum atomic E-state index is 12.8. The molecule has 0 fully saturated rings. The van der Waals surface area contributed by atoms with Crippen LogP contribution in [-0.4, -0.2) is 15.5 Å². The van der Waals surface area contributed by atoms with Gasteiger partial charge >= 0.3 is 0 Å². The van der Waals surface area contributed by atoms with Crippen molar-refractivity contribution in [3.05, 3.63) is 84.4 Å². The molecule has 3 rings (SSSR count). The normalized spacial score (nSPS) is 11.2. The first kappa shape index (κ1) is 17.2. The summed E-state index contributed by atoms with van der Waals surface area (Å²) < 4.78 is 33.5. The number of benzene rings is 3. The molecule has 0 aliphatic carbocycles. The molecule has 0 unspecified atom stereocenters. The van der Waals surface area contributed by atoms with E-state index in [0.717, 1.165) is 11.1 Å². The zero-order valence-electron chi connectivity index (χ0n) is 13.8. The van der Waals surface area contributed by atoms with Gasteiger partial charge in [0, 0.05) is 12.1 Å². The fourth-order valence-electron chi connectivity index (χ4n) is 2.60. The van der Waals surface area contributed by atoms with Crippen molar-refractivity contribution >= 4 is 10.0 Å². The van der Waals surface area contributed by atoms with Crippen molar-refractivity contribution in [2.24, 2.45) is 0 Å². The van der Waals surface area contributed by atoms with Gasteiger partial charge in [0.1, 0.15) is 5.75 Å². The first-order valence-electron chi connectivity index (χ1n) is 7.87. The largest absolute Gasteiger partial charge is 0.497 e. The third kappa shape index (κ3) is 4.07. The van der Waals surface area contributed by atoms with Crippen molar-refractivity contribution in [2.75, 3.05) is 7.11 Å². The Bertz CT molecular complexity index is 953. The molecule has 0 spiro atoms. The zero-order valence-corrected chi connectivity index (χ0v) is 14.7. The summed E-state index contributed by atoms with van der Waals surface area (Å²) in [5.74, 6) is 0.696. The Morgan fingerprint density at radius 3 is 2.36 bits per heavy atom. The highest BCUT2D eigenvalue weighted by Gasteiger charge is 2.18. The Morgan fingerprint density at radius 1 is 0.880 bits per heavy atom. The summed E-state index contributed by atoms with van der Waals surface area (Å²) >= 11 is 0. The number of ether oxygens (including phenoxy) is 1. The van der Waals surface area contributed by atoms with Crippen molar-refractivity contribution < 1.29 is 13.2 Å². The topological polar surface area (TPSA) is 55.4 Å². The van der Waals surface area contributed by atoms with E-state index in [0.29, 0.717) is 11.3 Å². The predicted molar refractivity (Wildman–Crippen MR) is 98.9 cm³/mol. The van der Waals surface area contributed by atoms with Gasteiger partial charge in [0.15, 0.2) is 0 Å². The van der Waals surface area contributed by atoms with E-state index >= 15 is 0 Å². The van der Waals surface area contributed by atoms with Gasteiger partial charge in [0.2, 0.25) is 10.0 Å². The number of hydrogen-bond acceptors (Lipinski definition) is 3. The Labute approximate surface area is 148 Å². The summed E-state index contributed by atoms with van der Waals surface area (Å²) in [6, 6.07) is 23.8. The van der Waals surface area contributed by atoms with Gasteiger partial charge in [-0.3, -0.25) is 0 Å². The Kier molecular flexibility index (Phi) is 5.16. The molecule has 1 N–H and O–H groups in total. The van der Waals surface area contributed by atoms with Gasteiger partial charge < -0.3 is 4.74 Å². The number of methoxy groups -OCH3 is 1. The van der Waals surface area contributed by atoms with Gasteiger partial charge in [-0.05, 0) is 29.3 Å². The molecule has 0 saturated carbocycles. The zero-order chi connectivity index (χ0) is 17.7. The molecule has 128 valence electrons. The van der Waals surface area contributed by atoms with E-state index in [2.05, 4.69) is 4.72 Å². The molecule has 3 aromatic rings. The Morgan fingerprint density at radius 2 is 1.60 bits per heavy atom. The van der Waals surface area contributed by atoms with Crippen LogP contribution in [0.15, 0.2) is 83.8 Å². The summed E-state index contributed by atoms with van der Waals surface area (Å²) in [6.07, 6.45) is 0. The molecule has 0 heterocycles. The molecule has 0 aliphatic rings. The third-order valence-electron chi connectivity index (χ3n) is 3.86. The van der Waals surface area contributed by atoms with E-state index in [-0.39, 0.29) is 11.4 Å². The molecule has 0 saturated heterocycles. The minimum Gasteiger partial charge on any atom is -0.497 e. The third-order valence-corrected chi connectivity index (χ3v) is 5.32. The van der Waals surface area contributed by atoms with Crippen LogP contribution < -0.4 is 9.46 Å². The number of sulfonamides is 1. The Hall–Kier alpha value is -2.63. The molecule has 0 bridgehead atoms. The summed E-state index contributed by atoms with van der Waals surface area (Å²) in [6.45, 7) is 0.197. The minimum atomic E-state index is -3.65. The monoisotopic (exact) mass is 353 g/mol. The highest BCUT2D eigenvalue weighted by atomic mass is 32.2. The second kappa shape index (κ2) is 7.51. The van der Waals surface area contributed by atoms with Gasteiger partial charge in [-0.15, -0.1) is 0 Å². The van der Waals surface area contributed by atoms with Crippen LogP contribution in [0.1, 0.15) is 5.56 Å². The molecule has 0 aliphatic heterocycles. The minimum absolute atomic E-state index is 0.197. The van der Waals surface area contributed by atoms with Crippen LogP contribution in [0.3, 0.4) is 0 Å². The Balaban J connectivity index is 1.88. The second-order valence-electron chi connectivity index (χ2n) is 5.54. The van der Waals surface area contributed by atoms with Crippen LogP contribution in [0.2, 0.25) is 0 Å². The SMILES string of the molecule is COc1cccc(CNS(=O)(=O)c2ccccc2-c2ccccc2)c1. The molecular weight excluding hydrogens is 334 g/mol. The fraction of sp³-hybridized carbons (Fsp3) is 0.100. The average Bonchev–Trinajstić information content (AvgIpc) is 2.67. The maximum absolute atomic E-state index is 12.8. The molecule has 0 amide bonds. The molecule has 0 aromatic heterocycles. The highest BCUT2D eigenvalue weighted by Crippen LogP contribution is 2.27. The van der Waals surface area contributed by atoms with E-state index in [9.17, 15) is 8.42 Å². The fourth-order valence-corrected chi connectivity index (χ4v) is 3.84. The number of rotatable bonds is 6. The summed E-state index contributed by atoms with van der Waals surface area (Å²) in [5, 5.41) is 0. The van der Waals surface area contributed by atoms with Crippen LogP contribution in [0.4, 0.5) is 0 Å². The van der Waals surface area contributed by atoms with E-state index in [1.807, 2.05) is 66.7 Å². The first-order valence-corrected chi connectivity index (χ1v) is 9.35. The lowest BCUT2D eigenvalue weighted by molar-refractivity contribution is 0.414. The lowest BCUT2D eigenvalue weighted by Gasteiger charge is -2.12. The number of nitrogens with one attached hydrogen (secondary N) is 1. The summed E-state index contributed by atoms with van der Waals surface area (Å²) in [4.78, 5) is 0.268. The van der Waals surface area contributed by atoms with E-state index < -0.39 is 10.0 Å². The van der Waals surface area contributed by atoms with Gasteiger partial charge in [-0.2, -0.15) is 0 Å². The lowest BCUT2D eigenvalue weighted by Crippen LogP contribution is -2.23. The van der Waals surface area contributed by atoms with E-state index in [1.165, 1.54) is 0 Å². The van der Waals surface area contributed by atoms with E-state index in [1.54, 1.807) is 19.2 Å². The van der Waals surface area contributed by atoms with Gasteiger partial charge in [0.25, 0.3) is 0 Å². The summed E-state index contributed by atoms with van der Waals surface area (Å²) in [7, 11) is -2.06. The van der Waals surface area contributed by atoms with E-state index in [4.69, 9.17) is 4.74 Å². The molecule has 3 aromatic carbocycles. The molecule has 25 heavy (non-hydrogen) atoms. The molecule has 4 nitrogen and oxygen atoms in total. The number of hydrogen-bond donors (Lipinski definition) is 1. The van der Waals surface area contributed by atoms with Crippen molar-refractivity contribution in [2.45, 2.75) is 11.4 Å². The lowest BCUT2D eigenvalue weighted by atomic mass is 10.1. The van der Waals surface area contributed by atoms with Crippen molar-refractivity contribution in [3.8, 4) is 16.9 Å². The molecule has 0 atom stereocenters. The van der Waals surface area contributed by atoms with Crippen LogP contribution in [-0.2, 0) is 16.6 Å². The molecule has 0 radical (unpaired) electrons. The predicted octanol–water partition coefficient (Wildman–Crippen LogP) is 3.84.